The van der Waals surface area contributed by atoms with E-state index in [-0.39, 0.29) is 5.97 Å². The highest BCUT2D eigenvalue weighted by molar-refractivity contribution is 9.09. The molecule has 0 amide bonds. The van der Waals surface area contributed by atoms with E-state index < -0.39 is 0 Å². The third kappa shape index (κ3) is 1.68. The summed E-state index contributed by atoms with van der Waals surface area (Å²) in [6.45, 7) is 0. The fourth-order valence-electron chi connectivity index (χ4n) is 0.520. The molecular weight excluding hydrogens is 184 g/mol. The molecule has 0 radical (unpaired) electrons. The van der Waals surface area contributed by atoms with Gasteiger partial charge in [-0.25, -0.2) is 4.79 Å². The first kappa shape index (κ1) is 6.55. The third-order valence-electron chi connectivity index (χ3n) is 0.880. The smallest absolute Gasteiger partial charge is 0.336 e. The van der Waals surface area contributed by atoms with Crippen LogP contribution in [0.5, 0.6) is 0 Å². The number of rotatable bonds is 1. The van der Waals surface area contributed by atoms with Crippen LogP contribution in [0.25, 0.3) is 0 Å². The average Bonchev–Trinajstić information content (AvgIpc) is 2.17. The van der Waals surface area contributed by atoms with Crippen LogP contribution in [-0.2, 0) is 9.53 Å². The van der Waals surface area contributed by atoms with Crippen molar-refractivity contribution in [1.29, 1.82) is 0 Å². The van der Waals surface area contributed by atoms with Gasteiger partial charge in [0.2, 0.25) is 0 Å². The molecule has 0 atom stereocenters. The number of hydrogen-bond donors (Lipinski definition) is 0. The molecule has 0 fully saturated rings. The molecule has 0 spiro atoms. The number of carbonyl (C=O) groups excluding carboxylic acids is 1. The normalized spacial score (nSPS) is 21.0. The van der Waals surface area contributed by atoms with E-state index in [0.717, 1.165) is 0 Å². The molecule has 0 aromatic rings. The summed E-state index contributed by atoms with van der Waals surface area (Å²) in [6, 6.07) is 0. The molecule has 0 N–H and O–H groups in total. The number of halogens is 1. The second-order valence-corrected chi connectivity index (χ2v) is 2.16. The lowest BCUT2D eigenvalue weighted by atomic mass is 10.4. The van der Waals surface area contributed by atoms with Gasteiger partial charge in [-0.2, -0.15) is 0 Å². The van der Waals surface area contributed by atoms with Gasteiger partial charge >= 0.3 is 5.97 Å². The van der Waals surface area contributed by atoms with Gasteiger partial charge in [-0.15, -0.1) is 0 Å². The number of alkyl halides is 1. The highest BCUT2D eigenvalue weighted by Gasteiger charge is 2.07. The summed E-state index contributed by atoms with van der Waals surface area (Å²) in [4.78, 5) is 10.4. The Balaban J connectivity index is 2.60. The lowest BCUT2D eigenvalue weighted by molar-refractivity contribution is -0.132. The van der Waals surface area contributed by atoms with Crippen molar-refractivity contribution >= 4 is 21.9 Å². The van der Waals surface area contributed by atoms with Gasteiger partial charge in [0.15, 0.2) is 0 Å². The Labute approximate surface area is 61.3 Å². The van der Waals surface area contributed by atoms with E-state index in [0.29, 0.717) is 11.1 Å². The summed E-state index contributed by atoms with van der Waals surface area (Å²) in [6.07, 6.45) is 4.82. The number of allylic oxidation sites excluding steroid dienone is 2. The van der Waals surface area contributed by atoms with Crippen molar-refractivity contribution in [3.8, 4) is 0 Å². The van der Waals surface area contributed by atoms with Crippen molar-refractivity contribution < 1.29 is 9.53 Å². The zero-order valence-electron chi connectivity index (χ0n) is 4.63. The zero-order valence-corrected chi connectivity index (χ0v) is 6.22. The first-order valence-corrected chi connectivity index (χ1v) is 3.61. The number of hydrogen-bond acceptors (Lipinski definition) is 2. The Hall–Kier alpha value is -0.570. The minimum atomic E-state index is -0.290. The Kier molecular flexibility index (Phi) is 2.05. The Morgan fingerprint density at radius 2 is 2.44 bits per heavy atom. The van der Waals surface area contributed by atoms with Gasteiger partial charge in [0.05, 0.1) is 0 Å². The average molecular weight is 189 g/mol. The molecule has 0 aliphatic carbocycles. The van der Waals surface area contributed by atoms with Crippen LogP contribution in [0, 0.1) is 0 Å². The van der Waals surface area contributed by atoms with Crippen LogP contribution in [0.2, 0.25) is 0 Å². The van der Waals surface area contributed by atoms with Gasteiger partial charge in [0, 0.05) is 11.4 Å². The van der Waals surface area contributed by atoms with E-state index in [4.69, 9.17) is 0 Å². The number of ether oxygens (including phenoxy) is 1. The van der Waals surface area contributed by atoms with Crippen LogP contribution in [-0.4, -0.2) is 11.3 Å². The Morgan fingerprint density at radius 1 is 1.67 bits per heavy atom. The van der Waals surface area contributed by atoms with Crippen LogP contribution in [0.15, 0.2) is 24.0 Å². The molecule has 9 heavy (non-hydrogen) atoms. The van der Waals surface area contributed by atoms with Crippen LogP contribution >= 0.6 is 15.9 Å². The molecule has 1 rings (SSSR count). The van der Waals surface area contributed by atoms with Gasteiger partial charge in [-0.1, -0.05) is 15.9 Å². The molecule has 3 heteroatoms. The second kappa shape index (κ2) is 2.82. The molecular formula is C6H5BrO2. The van der Waals surface area contributed by atoms with Crippen LogP contribution in [0.1, 0.15) is 0 Å². The standard InChI is InChI=1S/C6H5BrO2/c7-4-3-5-1-2-6(8)9-5/h1-3H,4H2/b5-3-. The Morgan fingerprint density at radius 3 is 2.89 bits per heavy atom. The SMILES string of the molecule is O=C1C=C/C(=C/CBr)O1. The maximum atomic E-state index is 10.4. The van der Waals surface area contributed by atoms with Gasteiger partial charge in [-0.3, -0.25) is 0 Å². The van der Waals surface area contributed by atoms with E-state index >= 15 is 0 Å². The zero-order chi connectivity index (χ0) is 6.69. The maximum Gasteiger partial charge on any atom is 0.336 e. The van der Waals surface area contributed by atoms with Gasteiger partial charge in [0.1, 0.15) is 5.76 Å². The predicted octanol–water partition coefficient (Wildman–Crippen LogP) is 1.38. The summed E-state index contributed by atoms with van der Waals surface area (Å²) in [5.74, 6) is 0.332. The molecule has 1 aliphatic rings. The molecule has 48 valence electrons. The van der Waals surface area contributed by atoms with E-state index in [1.54, 1.807) is 12.2 Å². The fraction of sp³-hybridized carbons (Fsp3) is 0.167. The summed E-state index contributed by atoms with van der Waals surface area (Å²) < 4.78 is 4.68. The first-order chi connectivity index (χ1) is 4.33. The molecule has 0 unspecified atom stereocenters. The minimum Gasteiger partial charge on any atom is -0.424 e. The van der Waals surface area contributed by atoms with Crippen LogP contribution in [0.4, 0.5) is 0 Å². The highest BCUT2D eigenvalue weighted by Crippen LogP contribution is 2.08. The lowest BCUT2D eigenvalue weighted by Gasteiger charge is -1.90. The van der Waals surface area contributed by atoms with Gasteiger partial charge < -0.3 is 4.74 Å². The fourth-order valence-corrected chi connectivity index (χ4v) is 0.839. The van der Waals surface area contributed by atoms with Gasteiger partial charge in [-0.05, 0) is 12.2 Å². The quantitative estimate of drug-likeness (QED) is 0.460. The van der Waals surface area contributed by atoms with Crippen molar-refractivity contribution in [2.24, 2.45) is 0 Å². The number of cyclic esters (lactones) is 1. The summed E-state index contributed by atoms with van der Waals surface area (Å²) >= 11 is 3.18. The van der Waals surface area contributed by atoms with E-state index in [2.05, 4.69) is 20.7 Å². The first-order valence-electron chi connectivity index (χ1n) is 2.49. The summed E-state index contributed by atoms with van der Waals surface area (Å²) in [5, 5.41) is 0.708. The second-order valence-electron chi connectivity index (χ2n) is 1.52. The topological polar surface area (TPSA) is 26.3 Å². The Bertz CT molecular complexity index is 181. The molecule has 0 saturated heterocycles. The van der Waals surface area contributed by atoms with E-state index in [9.17, 15) is 4.79 Å². The monoisotopic (exact) mass is 188 g/mol. The molecule has 0 aromatic heterocycles. The largest absolute Gasteiger partial charge is 0.424 e. The van der Waals surface area contributed by atoms with Crippen molar-refractivity contribution in [3.63, 3.8) is 0 Å². The van der Waals surface area contributed by atoms with Crippen molar-refractivity contribution in [1.82, 2.24) is 0 Å². The summed E-state index contributed by atoms with van der Waals surface area (Å²) in [7, 11) is 0. The third-order valence-corrected chi connectivity index (χ3v) is 1.20. The van der Waals surface area contributed by atoms with E-state index in [1.807, 2.05) is 0 Å². The molecule has 0 aromatic carbocycles. The van der Waals surface area contributed by atoms with E-state index in [1.165, 1.54) is 6.08 Å². The molecule has 1 heterocycles. The highest BCUT2D eigenvalue weighted by atomic mass is 79.9. The van der Waals surface area contributed by atoms with Crippen molar-refractivity contribution in [2.75, 3.05) is 5.33 Å². The van der Waals surface area contributed by atoms with Gasteiger partial charge in [0.25, 0.3) is 0 Å². The van der Waals surface area contributed by atoms with Crippen molar-refractivity contribution in [3.05, 3.63) is 24.0 Å². The maximum absolute atomic E-state index is 10.4. The van der Waals surface area contributed by atoms with Crippen molar-refractivity contribution in [2.45, 2.75) is 0 Å². The molecule has 1 aliphatic heterocycles. The minimum absolute atomic E-state index is 0.290. The molecule has 0 bridgehead atoms. The number of esters is 1. The molecule has 0 saturated carbocycles. The number of carbonyl (C=O) groups is 1. The van der Waals surface area contributed by atoms with Crippen LogP contribution < -0.4 is 0 Å². The predicted molar refractivity (Wildman–Crippen MR) is 37.1 cm³/mol. The molecule has 2 nitrogen and oxygen atoms in total. The van der Waals surface area contributed by atoms with Crippen LogP contribution in [0.3, 0.4) is 0 Å². The summed E-state index contributed by atoms with van der Waals surface area (Å²) in [5.41, 5.74) is 0. The lowest BCUT2D eigenvalue weighted by Crippen LogP contribution is -1.89.